The number of carboxylic acid groups (broad SMARTS) is 2. The predicted molar refractivity (Wildman–Crippen MR) is 244 cm³/mol. The van der Waals surface area contributed by atoms with Crippen molar-refractivity contribution in [1.29, 1.82) is 0 Å². The van der Waals surface area contributed by atoms with E-state index in [0.29, 0.717) is 30.5 Å². The smallest absolute Gasteiger partial charge is 0.430 e. The molecule has 0 spiro atoms. The normalized spacial score (nSPS) is 16.2. The maximum absolute atomic E-state index is 14.4. The van der Waals surface area contributed by atoms with Crippen LogP contribution in [0.2, 0.25) is 0 Å². The van der Waals surface area contributed by atoms with E-state index < -0.39 is 65.9 Å². The van der Waals surface area contributed by atoms with E-state index in [1.165, 1.54) is 55.9 Å². The average molecular weight is 963 g/mol. The maximum atomic E-state index is 14.4. The van der Waals surface area contributed by atoms with Crippen LogP contribution in [0.4, 0.5) is 13.2 Å². The standard InChI is InChI=1S/C47H56N6O9.C2HF3O2/c1-4-5-8-29-10-13-31(14-11-29)32-15-17-33(18-16-32)44(58)49-24-22-41(56)51-37(9-6-7-23-48)46(60)53(3)42-34-19-21-40(55)36(27-34)35-25-30(12-20-39(35)54)26-38(47(61)62)52-43(57)28(2)50-45(42)59;3-2(4,5)1(6)7/h10-21,25,27-28,37-38,42,54-55H,4-9,22-24,26,48H2,1-3H3,(H,49,58)(H,50,59)(H,51,56)(H,52,57)(H,61,62);(H,6,7)/t28-,37-,38-,42-;/m0./s1. The quantitative estimate of drug-likeness (QED) is 0.0756. The van der Waals surface area contributed by atoms with Gasteiger partial charge in [-0.2, -0.15) is 13.2 Å². The lowest BCUT2D eigenvalue weighted by atomic mass is 9.93. The van der Waals surface area contributed by atoms with Crippen LogP contribution in [-0.4, -0.2) is 106 Å². The van der Waals surface area contributed by atoms with Crippen molar-refractivity contribution in [1.82, 2.24) is 26.2 Å². The number of carboxylic acids is 2. The fraction of sp³-hybridized carbons (Fsp3) is 0.367. The molecule has 10 N–H and O–H groups in total. The highest BCUT2D eigenvalue weighted by atomic mass is 19.4. The van der Waals surface area contributed by atoms with Gasteiger partial charge in [0.1, 0.15) is 41.6 Å². The number of alkyl halides is 3. The number of quaternary nitrogens is 1. The number of phenolic OH excluding ortho intramolecular Hbond substituents is 2. The Balaban J connectivity index is 0.00000137. The monoisotopic (exact) mass is 962 g/mol. The molecule has 17 nitrogen and oxygen atoms in total. The Morgan fingerprint density at radius 1 is 0.855 bits per heavy atom. The van der Waals surface area contributed by atoms with Gasteiger partial charge < -0.3 is 57.1 Å². The third kappa shape index (κ3) is 15.5. The first-order valence-corrected chi connectivity index (χ1v) is 22.2. The summed E-state index contributed by atoms with van der Waals surface area (Å²) in [6, 6.07) is 18.9. The summed E-state index contributed by atoms with van der Waals surface area (Å²) in [6.45, 7) is 4.11. The maximum Gasteiger partial charge on any atom is 0.430 e. The highest BCUT2D eigenvalue weighted by molar-refractivity contribution is 5.97. The Morgan fingerprint density at radius 2 is 1.45 bits per heavy atom. The van der Waals surface area contributed by atoms with Crippen LogP contribution in [0, 0.1) is 0 Å². The number of likely N-dealkylation sites (N-methyl/N-ethyl adjacent to an activating group) is 1. The Hall–Kier alpha value is -7.48. The molecule has 4 aromatic carbocycles. The molecule has 1 heterocycles. The summed E-state index contributed by atoms with van der Waals surface area (Å²) in [7, 11) is 1.38. The first-order valence-electron chi connectivity index (χ1n) is 22.2. The van der Waals surface area contributed by atoms with Crippen LogP contribution >= 0.6 is 0 Å². The van der Waals surface area contributed by atoms with E-state index in [4.69, 9.17) is 9.90 Å². The summed E-state index contributed by atoms with van der Waals surface area (Å²) in [5, 5.41) is 51.1. The summed E-state index contributed by atoms with van der Waals surface area (Å²) in [6.07, 6.45) is -0.829. The van der Waals surface area contributed by atoms with Crippen molar-refractivity contribution in [2.24, 2.45) is 0 Å². The third-order valence-electron chi connectivity index (χ3n) is 11.2. The number of aliphatic carboxylic acids is 2. The molecule has 4 aromatic rings. The molecule has 4 bridgehead atoms. The number of carbonyl (C=O) groups is 7. The molecule has 69 heavy (non-hydrogen) atoms. The number of fused-ring (bicyclic) bond motifs is 5. The SMILES string of the molecule is CCCCc1ccc(-c2ccc(C(=O)NCCC(=O)N[C@@H](CCCC[NH3+])C(=O)N(C)[C@@H]3C(=O)N[C@@H](C)C(=O)N[C@H](C(=O)O)Cc4ccc(O)c(c4)-c4cc3ccc4O)cc2)cc1.O=C([O-])C(F)(F)F. The second kappa shape index (κ2) is 25.0. The van der Waals surface area contributed by atoms with E-state index in [1.54, 1.807) is 12.1 Å². The van der Waals surface area contributed by atoms with Gasteiger partial charge >= 0.3 is 12.1 Å². The minimum atomic E-state index is -5.19. The molecule has 0 aliphatic carbocycles. The topological polar surface area (TPSA) is 282 Å². The highest BCUT2D eigenvalue weighted by Crippen LogP contribution is 2.39. The summed E-state index contributed by atoms with van der Waals surface area (Å²) < 4.78 is 31.5. The van der Waals surface area contributed by atoms with Crippen LogP contribution in [-0.2, 0) is 41.6 Å². The molecule has 0 radical (unpaired) electrons. The van der Waals surface area contributed by atoms with Gasteiger partial charge in [-0.15, -0.1) is 0 Å². The largest absolute Gasteiger partial charge is 0.542 e. The number of phenols is 2. The van der Waals surface area contributed by atoms with Crippen LogP contribution in [0.25, 0.3) is 22.3 Å². The predicted octanol–water partition coefficient (Wildman–Crippen LogP) is 2.92. The lowest BCUT2D eigenvalue weighted by Gasteiger charge is -2.32. The molecule has 4 atom stereocenters. The molecule has 0 unspecified atom stereocenters. The van der Waals surface area contributed by atoms with E-state index in [2.05, 4.69) is 58.2 Å². The van der Waals surface area contributed by atoms with Crippen molar-refractivity contribution in [3.63, 3.8) is 0 Å². The number of rotatable bonds is 16. The number of halogens is 3. The van der Waals surface area contributed by atoms with Crippen molar-refractivity contribution >= 4 is 41.5 Å². The molecule has 0 saturated heterocycles. The number of carbonyl (C=O) groups excluding carboxylic acids is 6. The molecular weight excluding hydrogens is 906 g/mol. The molecule has 370 valence electrons. The van der Waals surface area contributed by atoms with Crippen molar-refractivity contribution in [3.8, 4) is 33.8 Å². The fourth-order valence-electron chi connectivity index (χ4n) is 7.38. The Bertz CT molecular complexity index is 2470. The number of benzene rings is 4. The first kappa shape index (κ1) is 54.1. The number of nitrogens with zero attached hydrogens (tertiary/aromatic N) is 1. The zero-order valence-electron chi connectivity index (χ0n) is 38.4. The van der Waals surface area contributed by atoms with Crippen molar-refractivity contribution < 1.29 is 72.9 Å². The molecule has 1 aliphatic heterocycles. The summed E-state index contributed by atoms with van der Waals surface area (Å²) in [4.78, 5) is 90.2. The molecule has 5 rings (SSSR count). The molecule has 5 amide bonds. The molecule has 0 saturated carbocycles. The van der Waals surface area contributed by atoms with Crippen LogP contribution in [0.1, 0.15) is 85.5 Å². The first-order chi connectivity index (χ1) is 32.6. The Morgan fingerprint density at radius 3 is 2.03 bits per heavy atom. The number of aromatic hydroxyl groups is 2. The van der Waals surface area contributed by atoms with Crippen molar-refractivity contribution in [3.05, 3.63) is 107 Å². The Labute approximate surface area is 396 Å². The van der Waals surface area contributed by atoms with Gasteiger partial charge in [-0.3, -0.25) is 24.0 Å². The van der Waals surface area contributed by atoms with Crippen LogP contribution in [0.3, 0.4) is 0 Å². The van der Waals surface area contributed by atoms with Crippen LogP contribution in [0.5, 0.6) is 11.5 Å². The van der Waals surface area contributed by atoms with Crippen molar-refractivity contribution in [2.45, 2.75) is 95.6 Å². The van der Waals surface area contributed by atoms with Gasteiger partial charge in [-0.05, 0) is 103 Å². The van der Waals surface area contributed by atoms with Gasteiger partial charge in [0.05, 0.1) is 6.54 Å². The molecule has 20 heteroatoms. The summed E-state index contributed by atoms with van der Waals surface area (Å²) >= 11 is 0. The minimum Gasteiger partial charge on any atom is -0.542 e. The third-order valence-corrected chi connectivity index (χ3v) is 11.2. The number of unbranched alkanes of at least 4 members (excludes halogenated alkanes) is 2. The average Bonchev–Trinajstić information content (AvgIpc) is 3.31. The minimum absolute atomic E-state index is 0.0146. The van der Waals surface area contributed by atoms with E-state index in [0.717, 1.165) is 35.3 Å². The van der Waals surface area contributed by atoms with Crippen molar-refractivity contribution in [2.75, 3.05) is 20.1 Å². The van der Waals surface area contributed by atoms with E-state index >= 15 is 0 Å². The zero-order chi connectivity index (χ0) is 51.0. The fourth-order valence-corrected chi connectivity index (χ4v) is 7.38. The number of hydrogen-bond acceptors (Lipinski definition) is 10. The zero-order valence-corrected chi connectivity index (χ0v) is 38.4. The van der Waals surface area contributed by atoms with Crippen LogP contribution < -0.4 is 32.1 Å². The van der Waals surface area contributed by atoms with Gasteiger partial charge in [-0.25, -0.2) is 4.79 Å². The van der Waals surface area contributed by atoms with Gasteiger partial charge in [0.25, 0.3) is 5.91 Å². The molecule has 1 aliphatic rings. The lowest BCUT2D eigenvalue weighted by molar-refractivity contribution is -0.368. The lowest BCUT2D eigenvalue weighted by Crippen LogP contribution is -2.55. The second-order valence-corrected chi connectivity index (χ2v) is 16.5. The second-order valence-electron chi connectivity index (χ2n) is 16.5. The number of hydrogen-bond donors (Lipinski definition) is 8. The van der Waals surface area contributed by atoms with E-state index in [9.17, 15) is 57.3 Å². The number of aryl methyl sites for hydroxylation is 1. The van der Waals surface area contributed by atoms with Gasteiger partial charge in [0.15, 0.2) is 0 Å². The van der Waals surface area contributed by atoms with Crippen LogP contribution in [0.15, 0.2) is 84.9 Å². The van der Waals surface area contributed by atoms with Gasteiger partial charge in [0, 0.05) is 43.1 Å². The molecule has 0 aromatic heterocycles. The van der Waals surface area contributed by atoms with E-state index in [-0.39, 0.29) is 59.9 Å². The molecule has 0 fully saturated rings. The summed E-state index contributed by atoms with van der Waals surface area (Å²) in [5.74, 6) is -7.94. The van der Waals surface area contributed by atoms with Gasteiger partial charge in [0.2, 0.25) is 23.6 Å². The number of nitrogens with one attached hydrogen (secondary N) is 4. The number of amides is 5. The van der Waals surface area contributed by atoms with E-state index in [1.807, 2.05) is 12.1 Å². The van der Waals surface area contributed by atoms with Gasteiger partial charge in [-0.1, -0.05) is 61.9 Å². The summed E-state index contributed by atoms with van der Waals surface area (Å²) in [5.41, 5.74) is 8.45. The highest BCUT2D eigenvalue weighted by Gasteiger charge is 2.36. The Kier molecular flexibility index (Phi) is 19.6. The molecular formula is C49H57F3N6O11.